The lowest BCUT2D eigenvalue weighted by molar-refractivity contribution is -0.126. The normalized spacial score (nSPS) is 21.4. The highest BCUT2D eigenvalue weighted by molar-refractivity contribution is 7.89. The van der Waals surface area contributed by atoms with Crippen molar-refractivity contribution >= 4 is 33.2 Å². The van der Waals surface area contributed by atoms with Gasteiger partial charge in [0.1, 0.15) is 0 Å². The van der Waals surface area contributed by atoms with Gasteiger partial charge >= 0.3 is 0 Å². The third-order valence-corrected chi connectivity index (χ3v) is 8.56. The number of hydrogen-bond donors (Lipinski definition) is 1. The van der Waals surface area contributed by atoms with Gasteiger partial charge in [0.05, 0.1) is 10.8 Å². The van der Waals surface area contributed by atoms with Gasteiger partial charge in [-0.05, 0) is 68.5 Å². The Morgan fingerprint density at radius 2 is 1.91 bits per heavy atom. The quantitative estimate of drug-likeness (QED) is 0.620. The van der Waals surface area contributed by atoms with E-state index in [-0.39, 0.29) is 23.3 Å². The van der Waals surface area contributed by atoms with Crippen LogP contribution in [-0.4, -0.2) is 50.9 Å². The number of hydrogen-bond acceptors (Lipinski definition) is 4. The largest absolute Gasteiger partial charge is 0.368 e. The number of carbonyl (C=O) groups is 1. The van der Waals surface area contributed by atoms with Gasteiger partial charge in [-0.1, -0.05) is 29.8 Å². The van der Waals surface area contributed by atoms with E-state index in [0.29, 0.717) is 37.0 Å². The smallest absolute Gasteiger partial charge is 0.243 e. The molecule has 0 aromatic heterocycles. The number of piperidine rings is 1. The van der Waals surface area contributed by atoms with Crippen molar-refractivity contribution in [2.24, 2.45) is 5.92 Å². The first-order chi connectivity index (χ1) is 15.4. The molecule has 2 aromatic rings. The highest BCUT2D eigenvalue weighted by atomic mass is 35.5. The van der Waals surface area contributed by atoms with Gasteiger partial charge in [-0.3, -0.25) is 4.79 Å². The first-order valence-electron chi connectivity index (χ1n) is 11.2. The molecule has 4 rings (SSSR count). The predicted molar refractivity (Wildman–Crippen MR) is 128 cm³/mol. The van der Waals surface area contributed by atoms with E-state index in [1.807, 2.05) is 0 Å². The molecule has 2 atom stereocenters. The summed E-state index contributed by atoms with van der Waals surface area (Å²) in [4.78, 5) is 15.4. The molecule has 1 N–H and O–H groups in total. The summed E-state index contributed by atoms with van der Waals surface area (Å²) < 4.78 is 27.3. The first-order valence-corrected chi connectivity index (χ1v) is 13.1. The van der Waals surface area contributed by atoms with Crippen LogP contribution in [-0.2, 0) is 21.2 Å². The average Bonchev–Trinajstić information content (AvgIpc) is 3.12. The maximum Gasteiger partial charge on any atom is 0.243 e. The summed E-state index contributed by atoms with van der Waals surface area (Å²) in [6.07, 6.45) is 3.29. The molecule has 32 heavy (non-hydrogen) atoms. The van der Waals surface area contributed by atoms with E-state index in [9.17, 15) is 13.2 Å². The van der Waals surface area contributed by atoms with Crippen LogP contribution < -0.4 is 10.2 Å². The Balaban J connectivity index is 1.28. The number of nitrogens with zero attached hydrogens (tertiary/aromatic N) is 2. The molecule has 172 valence electrons. The van der Waals surface area contributed by atoms with Crippen LogP contribution in [0.1, 0.15) is 31.7 Å². The molecule has 2 aromatic carbocycles. The van der Waals surface area contributed by atoms with Crippen molar-refractivity contribution < 1.29 is 13.2 Å². The van der Waals surface area contributed by atoms with Crippen LogP contribution in [0.15, 0.2) is 53.4 Å². The third kappa shape index (κ3) is 4.95. The van der Waals surface area contributed by atoms with Crippen LogP contribution in [0.3, 0.4) is 0 Å². The number of carbonyl (C=O) groups excluding carboxylic acids is 1. The molecule has 1 saturated heterocycles. The van der Waals surface area contributed by atoms with Crippen LogP contribution in [0.25, 0.3) is 0 Å². The lowest BCUT2D eigenvalue weighted by Gasteiger charge is -2.31. The minimum Gasteiger partial charge on any atom is -0.368 e. The second kappa shape index (κ2) is 9.81. The molecular formula is C24H30ClN3O3S. The molecule has 2 aliphatic rings. The third-order valence-electron chi connectivity index (χ3n) is 6.43. The summed E-state index contributed by atoms with van der Waals surface area (Å²) >= 11 is 5.88. The van der Waals surface area contributed by atoms with Gasteiger partial charge in [0, 0.05) is 42.9 Å². The van der Waals surface area contributed by atoms with E-state index in [1.54, 1.807) is 12.1 Å². The number of nitrogens with one attached hydrogen (secondary N) is 1. The Hall–Kier alpha value is -2.09. The minimum absolute atomic E-state index is 0.0594. The fourth-order valence-corrected chi connectivity index (χ4v) is 6.36. The van der Waals surface area contributed by atoms with E-state index < -0.39 is 10.0 Å². The molecule has 2 aliphatic heterocycles. The summed E-state index contributed by atoms with van der Waals surface area (Å²) in [6, 6.07) is 15.1. The highest BCUT2D eigenvalue weighted by Gasteiger charge is 2.33. The van der Waals surface area contributed by atoms with Crippen LogP contribution in [0, 0.1) is 5.92 Å². The van der Waals surface area contributed by atoms with Crippen LogP contribution >= 0.6 is 11.6 Å². The molecule has 0 bridgehead atoms. The Bertz CT molecular complexity index is 1060. The summed E-state index contributed by atoms with van der Waals surface area (Å²) in [5, 5.41) is 3.52. The predicted octanol–water partition coefficient (Wildman–Crippen LogP) is 3.70. The van der Waals surface area contributed by atoms with Crippen molar-refractivity contribution in [2.75, 3.05) is 31.1 Å². The fraction of sp³-hybridized carbons (Fsp3) is 0.458. The zero-order valence-electron chi connectivity index (χ0n) is 18.3. The van der Waals surface area contributed by atoms with Crippen molar-refractivity contribution in [3.63, 3.8) is 0 Å². The maximum absolute atomic E-state index is 13.0. The zero-order valence-corrected chi connectivity index (χ0v) is 19.9. The first kappa shape index (κ1) is 23.1. The number of benzene rings is 2. The highest BCUT2D eigenvalue weighted by Crippen LogP contribution is 2.31. The molecule has 0 saturated carbocycles. The molecule has 1 amide bonds. The van der Waals surface area contributed by atoms with Crippen LogP contribution in [0.4, 0.5) is 5.69 Å². The number of amides is 1. The van der Waals surface area contributed by atoms with Gasteiger partial charge in [0.15, 0.2) is 0 Å². The van der Waals surface area contributed by atoms with E-state index in [1.165, 1.54) is 27.7 Å². The van der Waals surface area contributed by atoms with Gasteiger partial charge < -0.3 is 10.2 Å². The van der Waals surface area contributed by atoms with Crippen molar-refractivity contribution in [3.8, 4) is 0 Å². The molecule has 8 heteroatoms. The van der Waals surface area contributed by atoms with Crippen LogP contribution in [0.2, 0.25) is 5.02 Å². The van der Waals surface area contributed by atoms with E-state index in [4.69, 9.17) is 11.6 Å². The van der Waals surface area contributed by atoms with Gasteiger partial charge in [-0.15, -0.1) is 0 Å². The van der Waals surface area contributed by atoms with Crippen molar-refractivity contribution in [2.45, 2.75) is 43.5 Å². The van der Waals surface area contributed by atoms with Gasteiger partial charge in [-0.2, -0.15) is 4.31 Å². The van der Waals surface area contributed by atoms with Crippen molar-refractivity contribution in [3.05, 3.63) is 59.1 Å². The molecule has 0 unspecified atom stereocenters. The molecule has 6 nitrogen and oxygen atoms in total. The molecule has 2 heterocycles. The van der Waals surface area contributed by atoms with Gasteiger partial charge in [0.2, 0.25) is 15.9 Å². The maximum atomic E-state index is 13.0. The Labute approximate surface area is 195 Å². The average molecular weight is 476 g/mol. The molecule has 0 radical (unpaired) electrons. The van der Waals surface area contributed by atoms with Crippen LogP contribution in [0.5, 0.6) is 0 Å². The van der Waals surface area contributed by atoms with Gasteiger partial charge in [0.25, 0.3) is 0 Å². The zero-order chi connectivity index (χ0) is 22.7. The van der Waals surface area contributed by atoms with E-state index in [2.05, 4.69) is 41.4 Å². The fourth-order valence-electron chi connectivity index (χ4n) is 4.71. The Morgan fingerprint density at radius 1 is 1.16 bits per heavy atom. The second-order valence-corrected chi connectivity index (χ2v) is 11.1. The number of halogens is 1. The summed E-state index contributed by atoms with van der Waals surface area (Å²) in [6.45, 7) is 4.36. The molecular weight excluding hydrogens is 446 g/mol. The second-order valence-electron chi connectivity index (χ2n) is 8.68. The van der Waals surface area contributed by atoms with Gasteiger partial charge in [-0.25, -0.2) is 8.42 Å². The SMILES string of the molecule is C[C@@H]1Cc2ccccc2N1CCCNC(=O)[C@@H]1CCCN(S(=O)(=O)c2ccc(Cl)cc2)C1. The number of para-hydroxylation sites is 1. The molecule has 0 spiro atoms. The minimum atomic E-state index is -3.63. The van der Waals surface area contributed by atoms with Crippen molar-refractivity contribution in [1.29, 1.82) is 0 Å². The lowest BCUT2D eigenvalue weighted by atomic mass is 9.99. The summed E-state index contributed by atoms with van der Waals surface area (Å²) in [5.41, 5.74) is 2.68. The molecule has 1 fully saturated rings. The lowest BCUT2D eigenvalue weighted by Crippen LogP contribution is -2.45. The van der Waals surface area contributed by atoms with E-state index >= 15 is 0 Å². The standard InChI is InChI=1S/C24H30ClN3O3S/c1-18-16-19-6-2-3-8-23(19)28(18)15-5-13-26-24(29)20-7-4-14-27(17-20)32(30,31)22-11-9-21(25)10-12-22/h2-3,6,8-12,18,20H,4-5,7,13-17H2,1H3,(H,26,29)/t18-,20-/m1/s1. The topological polar surface area (TPSA) is 69.7 Å². The Kier molecular flexibility index (Phi) is 7.08. The number of rotatable bonds is 7. The number of fused-ring (bicyclic) bond motifs is 1. The number of sulfonamides is 1. The monoisotopic (exact) mass is 475 g/mol. The van der Waals surface area contributed by atoms with E-state index in [0.717, 1.165) is 19.4 Å². The summed E-state index contributed by atoms with van der Waals surface area (Å²) in [7, 11) is -3.63. The van der Waals surface area contributed by atoms with Crippen molar-refractivity contribution in [1.82, 2.24) is 9.62 Å². The number of anilines is 1. The Morgan fingerprint density at radius 3 is 2.69 bits per heavy atom. The molecule has 0 aliphatic carbocycles. The summed E-state index contributed by atoms with van der Waals surface area (Å²) in [5.74, 6) is -0.381.